The van der Waals surface area contributed by atoms with E-state index >= 15 is 0 Å². The highest BCUT2D eigenvalue weighted by atomic mass is 16.6. The summed E-state index contributed by atoms with van der Waals surface area (Å²) >= 11 is 0. The van der Waals surface area contributed by atoms with E-state index < -0.39 is 23.8 Å². The number of rotatable bonds is 15. The van der Waals surface area contributed by atoms with Crippen LogP contribution in [0, 0.1) is 19.8 Å². The normalized spacial score (nSPS) is 13.1. The highest BCUT2D eigenvalue weighted by molar-refractivity contribution is 5.92. The Morgan fingerprint density at radius 3 is 2.16 bits per heavy atom. The average Bonchev–Trinajstić information content (AvgIpc) is 2.80. The number of carbonyl (C=O) groups is 3. The number of hydrogen-bond donors (Lipinski definition) is 2. The molecule has 2 atom stereocenters. The van der Waals surface area contributed by atoms with Crippen molar-refractivity contribution in [1.82, 2.24) is 15.5 Å². The van der Waals surface area contributed by atoms with Gasteiger partial charge in [0.05, 0.1) is 0 Å². The number of alkyl carbamates (subject to hydrolysis) is 1. The van der Waals surface area contributed by atoms with E-state index in [-0.39, 0.29) is 17.7 Å². The fourth-order valence-corrected chi connectivity index (χ4v) is 4.51. The molecule has 0 aliphatic heterocycles. The van der Waals surface area contributed by atoms with E-state index in [4.69, 9.17) is 4.74 Å². The summed E-state index contributed by atoms with van der Waals surface area (Å²) in [7, 11) is 0. The lowest BCUT2D eigenvalue weighted by atomic mass is 9.95. The molecule has 216 valence electrons. The monoisotopic (exact) mass is 531 g/mol. The Balaban J connectivity index is 3.49. The van der Waals surface area contributed by atoms with Crippen LogP contribution in [0.3, 0.4) is 0 Å². The predicted molar refractivity (Wildman–Crippen MR) is 155 cm³/mol. The maximum Gasteiger partial charge on any atom is 0.408 e. The molecule has 1 rings (SSSR count). The Bertz CT molecular complexity index is 892. The second-order valence-electron chi connectivity index (χ2n) is 11.8. The van der Waals surface area contributed by atoms with E-state index in [0.717, 1.165) is 55.2 Å². The van der Waals surface area contributed by atoms with E-state index in [1.165, 1.54) is 0 Å². The Hall–Kier alpha value is -2.57. The van der Waals surface area contributed by atoms with Crippen LogP contribution in [0.4, 0.5) is 4.79 Å². The van der Waals surface area contributed by atoms with Crippen molar-refractivity contribution in [3.05, 3.63) is 34.9 Å². The van der Waals surface area contributed by atoms with Crippen LogP contribution in [-0.4, -0.2) is 47.5 Å². The zero-order valence-electron chi connectivity index (χ0n) is 25.4. The minimum Gasteiger partial charge on any atom is -0.444 e. The van der Waals surface area contributed by atoms with Gasteiger partial charge in [0.25, 0.3) is 0 Å². The van der Waals surface area contributed by atoms with E-state index in [9.17, 15) is 14.4 Å². The first kappa shape index (κ1) is 33.5. The molecule has 2 unspecified atom stereocenters. The fraction of sp³-hybridized carbons (Fsp3) is 0.710. The van der Waals surface area contributed by atoms with Crippen molar-refractivity contribution in [2.24, 2.45) is 5.92 Å². The smallest absolute Gasteiger partial charge is 0.408 e. The summed E-state index contributed by atoms with van der Waals surface area (Å²) in [5, 5.41) is 5.91. The van der Waals surface area contributed by atoms with Crippen molar-refractivity contribution >= 4 is 17.9 Å². The van der Waals surface area contributed by atoms with Gasteiger partial charge in [-0.2, -0.15) is 0 Å². The van der Waals surface area contributed by atoms with Gasteiger partial charge in [0, 0.05) is 13.1 Å². The van der Waals surface area contributed by atoms with Crippen molar-refractivity contribution < 1.29 is 19.1 Å². The predicted octanol–water partition coefficient (Wildman–Crippen LogP) is 6.61. The number of carbonyl (C=O) groups excluding carboxylic acids is 3. The van der Waals surface area contributed by atoms with Gasteiger partial charge in [0.2, 0.25) is 11.8 Å². The Labute approximate surface area is 231 Å². The first-order valence-electron chi connectivity index (χ1n) is 14.5. The summed E-state index contributed by atoms with van der Waals surface area (Å²) in [5.74, 6) is -0.286. The van der Waals surface area contributed by atoms with Crippen molar-refractivity contribution in [3.8, 4) is 0 Å². The van der Waals surface area contributed by atoms with Crippen LogP contribution in [0.1, 0.15) is 116 Å². The third-order valence-electron chi connectivity index (χ3n) is 6.34. The second-order valence-corrected chi connectivity index (χ2v) is 11.8. The van der Waals surface area contributed by atoms with Gasteiger partial charge in [-0.3, -0.25) is 9.59 Å². The fourth-order valence-electron chi connectivity index (χ4n) is 4.51. The first-order chi connectivity index (χ1) is 17.8. The molecule has 0 radical (unpaired) electrons. The van der Waals surface area contributed by atoms with Gasteiger partial charge in [-0.1, -0.05) is 77.1 Å². The number of amides is 3. The third-order valence-corrected chi connectivity index (χ3v) is 6.34. The zero-order chi connectivity index (χ0) is 28.9. The van der Waals surface area contributed by atoms with E-state index in [1.54, 1.807) is 25.7 Å². The summed E-state index contributed by atoms with van der Waals surface area (Å²) in [6.07, 6.45) is 5.50. The third kappa shape index (κ3) is 11.9. The van der Waals surface area contributed by atoms with E-state index in [2.05, 4.69) is 24.5 Å². The largest absolute Gasteiger partial charge is 0.444 e. The number of hydrogen-bond acceptors (Lipinski definition) is 4. The van der Waals surface area contributed by atoms with Crippen molar-refractivity contribution in [2.75, 3.05) is 13.1 Å². The number of benzene rings is 1. The number of aryl methyl sites for hydroxylation is 2. The van der Waals surface area contributed by atoms with Crippen LogP contribution in [0.25, 0.3) is 0 Å². The van der Waals surface area contributed by atoms with Crippen molar-refractivity contribution in [3.63, 3.8) is 0 Å². The number of nitrogens with zero attached hydrogens (tertiary/aromatic N) is 1. The summed E-state index contributed by atoms with van der Waals surface area (Å²) in [6, 6.07) is 4.41. The lowest BCUT2D eigenvalue weighted by molar-refractivity contribution is -0.143. The highest BCUT2D eigenvalue weighted by Crippen LogP contribution is 2.28. The highest BCUT2D eigenvalue weighted by Gasteiger charge is 2.36. The van der Waals surface area contributed by atoms with Crippen LogP contribution in [0.15, 0.2) is 18.2 Å². The molecule has 0 aliphatic carbocycles. The topological polar surface area (TPSA) is 87.7 Å². The first-order valence-corrected chi connectivity index (χ1v) is 14.5. The number of unbranched alkanes of at least 4 members (excludes halogenated alkanes) is 4. The van der Waals surface area contributed by atoms with Crippen LogP contribution in [0.2, 0.25) is 0 Å². The Kier molecular flexibility index (Phi) is 14.4. The quantitative estimate of drug-likeness (QED) is 0.249. The molecular weight excluding hydrogens is 478 g/mol. The van der Waals surface area contributed by atoms with Gasteiger partial charge in [0.15, 0.2) is 0 Å². The van der Waals surface area contributed by atoms with Gasteiger partial charge < -0.3 is 20.3 Å². The maximum absolute atomic E-state index is 14.2. The van der Waals surface area contributed by atoms with Gasteiger partial charge in [0.1, 0.15) is 17.7 Å². The van der Waals surface area contributed by atoms with Crippen LogP contribution in [0.5, 0.6) is 0 Å². The molecule has 0 saturated carbocycles. The SMILES string of the molecule is CCCCCNC(=O)C(c1ccc(C)cc1C)N(CCCCC)C(=O)C(CC(C)C)NC(=O)OC(C)(C)C. The van der Waals surface area contributed by atoms with Crippen LogP contribution in [-0.2, 0) is 14.3 Å². The Morgan fingerprint density at radius 1 is 0.974 bits per heavy atom. The molecule has 0 saturated heterocycles. The molecule has 7 nitrogen and oxygen atoms in total. The van der Waals surface area contributed by atoms with Gasteiger partial charge in [-0.15, -0.1) is 0 Å². The molecule has 0 spiro atoms. The second kappa shape index (κ2) is 16.4. The lowest BCUT2D eigenvalue weighted by Gasteiger charge is -2.35. The average molecular weight is 532 g/mol. The van der Waals surface area contributed by atoms with Crippen molar-refractivity contribution in [1.29, 1.82) is 0 Å². The zero-order valence-corrected chi connectivity index (χ0v) is 25.4. The van der Waals surface area contributed by atoms with Gasteiger partial charge >= 0.3 is 6.09 Å². The molecule has 0 aromatic heterocycles. The summed E-state index contributed by atoms with van der Waals surface area (Å²) in [6.45, 7) is 18.6. The van der Waals surface area contributed by atoms with E-state index in [1.807, 2.05) is 45.9 Å². The van der Waals surface area contributed by atoms with Crippen molar-refractivity contribution in [2.45, 2.75) is 125 Å². The lowest BCUT2D eigenvalue weighted by Crippen LogP contribution is -2.53. The van der Waals surface area contributed by atoms with E-state index in [0.29, 0.717) is 19.5 Å². The standard InChI is InChI=1S/C31H53N3O4/c1-10-12-14-18-32-28(35)27(25-17-16-23(5)21-24(25)6)34(19-15-13-11-2)29(36)26(20-22(3)4)33-30(37)38-31(7,8)9/h16-17,21-22,26-27H,10-15,18-20H2,1-9H3,(H,32,35)(H,33,37). The summed E-state index contributed by atoms with van der Waals surface area (Å²) in [5.41, 5.74) is 2.19. The molecular formula is C31H53N3O4. The molecule has 0 fully saturated rings. The molecule has 1 aromatic rings. The number of ether oxygens (including phenoxy) is 1. The van der Waals surface area contributed by atoms with Gasteiger partial charge in [-0.05, 0) is 70.9 Å². The summed E-state index contributed by atoms with van der Waals surface area (Å²) in [4.78, 5) is 42.4. The molecule has 0 bridgehead atoms. The molecule has 7 heteroatoms. The van der Waals surface area contributed by atoms with Crippen LogP contribution >= 0.6 is 0 Å². The minimum absolute atomic E-state index is 0.152. The molecule has 0 aliphatic rings. The molecule has 0 heterocycles. The van der Waals surface area contributed by atoms with Gasteiger partial charge in [-0.25, -0.2) is 4.79 Å². The molecule has 3 amide bonds. The minimum atomic E-state index is -0.798. The maximum atomic E-state index is 14.2. The van der Waals surface area contributed by atoms with Crippen LogP contribution < -0.4 is 10.6 Å². The Morgan fingerprint density at radius 2 is 1.61 bits per heavy atom. The summed E-state index contributed by atoms with van der Waals surface area (Å²) < 4.78 is 5.48. The molecule has 38 heavy (non-hydrogen) atoms. The molecule has 2 N–H and O–H groups in total. The number of nitrogens with one attached hydrogen (secondary N) is 2. The molecule has 1 aromatic carbocycles.